The third kappa shape index (κ3) is 4.12. The van der Waals surface area contributed by atoms with E-state index in [2.05, 4.69) is 25.8 Å². The van der Waals surface area contributed by atoms with Crippen LogP contribution in [0.25, 0.3) is 10.9 Å². The maximum absolute atomic E-state index is 12.9. The predicted octanol–water partition coefficient (Wildman–Crippen LogP) is 4.64. The smallest absolute Gasteiger partial charge is 0.357 e. The molecule has 144 valence electrons. The molecule has 0 saturated heterocycles. The highest BCUT2D eigenvalue weighted by Gasteiger charge is 2.34. The molecular weight excluding hydrogens is 342 g/mol. The molecule has 5 heteroatoms. The van der Waals surface area contributed by atoms with Crippen molar-refractivity contribution in [2.24, 2.45) is 17.8 Å². The molecule has 1 aromatic heterocycles. The quantitative estimate of drug-likeness (QED) is 0.735. The van der Waals surface area contributed by atoms with Crippen molar-refractivity contribution in [3.05, 3.63) is 41.6 Å². The number of aromatic nitrogens is 1. The number of carbonyl (C=O) groups excluding carboxylic acids is 2. The fraction of sp³-hybridized carbons (Fsp3) is 0.500. The van der Waals surface area contributed by atoms with Crippen molar-refractivity contribution in [2.45, 2.75) is 46.1 Å². The SMILES string of the molecule is COC(=O)c1cc(C(=O)O[C@@H]2C[C@H](C)CC[C@H]2C(C)C)nc2ccccc12. The number of ether oxygens (including phenoxy) is 2. The first-order valence-electron chi connectivity index (χ1n) is 9.59. The molecule has 0 unspecified atom stereocenters. The van der Waals surface area contributed by atoms with Gasteiger partial charge < -0.3 is 9.47 Å². The first kappa shape index (κ1) is 19.3. The van der Waals surface area contributed by atoms with Gasteiger partial charge in [-0.2, -0.15) is 0 Å². The number of pyridine rings is 1. The van der Waals surface area contributed by atoms with Crippen LogP contribution in [0.4, 0.5) is 0 Å². The van der Waals surface area contributed by atoms with Crippen molar-refractivity contribution in [1.82, 2.24) is 4.98 Å². The summed E-state index contributed by atoms with van der Waals surface area (Å²) in [4.78, 5) is 29.5. The summed E-state index contributed by atoms with van der Waals surface area (Å²) in [5, 5.41) is 0.659. The zero-order valence-electron chi connectivity index (χ0n) is 16.4. The molecule has 1 aliphatic carbocycles. The Hall–Kier alpha value is -2.43. The van der Waals surface area contributed by atoms with E-state index < -0.39 is 11.9 Å². The van der Waals surface area contributed by atoms with Gasteiger partial charge in [-0.15, -0.1) is 0 Å². The molecule has 0 bridgehead atoms. The van der Waals surface area contributed by atoms with E-state index in [0.717, 1.165) is 19.3 Å². The number of hydrogen-bond donors (Lipinski definition) is 0. The van der Waals surface area contributed by atoms with Gasteiger partial charge in [0.1, 0.15) is 11.8 Å². The van der Waals surface area contributed by atoms with Gasteiger partial charge in [0.15, 0.2) is 0 Å². The molecule has 5 nitrogen and oxygen atoms in total. The van der Waals surface area contributed by atoms with Gasteiger partial charge >= 0.3 is 11.9 Å². The summed E-state index contributed by atoms with van der Waals surface area (Å²) >= 11 is 0. The highest BCUT2D eigenvalue weighted by atomic mass is 16.5. The number of fused-ring (bicyclic) bond motifs is 1. The number of methoxy groups -OCH3 is 1. The van der Waals surface area contributed by atoms with Gasteiger partial charge in [0.2, 0.25) is 0 Å². The van der Waals surface area contributed by atoms with Crippen LogP contribution in [0.5, 0.6) is 0 Å². The zero-order valence-corrected chi connectivity index (χ0v) is 16.4. The minimum absolute atomic E-state index is 0.115. The summed E-state index contributed by atoms with van der Waals surface area (Å²) < 4.78 is 10.8. The number of hydrogen-bond acceptors (Lipinski definition) is 5. The van der Waals surface area contributed by atoms with Crippen molar-refractivity contribution in [1.29, 1.82) is 0 Å². The van der Waals surface area contributed by atoms with E-state index in [0.29, 0.717) is 34.2 Å². The highest BCUT2D eigenvalue weighted by molar-refractivity contribution is 6.05. The molecule has 0 radical (unpaired) electrons. The van der Waals surface area contributed by atoms with E-state index in [9.17, 15) is 9.59 Å². The average Bonchev–Trinajstić information content (AvgIpc) is 2.66. The van der Waals surface area contributed by atoms with Gasteiger partial charge in [-0.05, 0) is 42.7 Å². The maximum atomic E-state index is 12.9. The molecule has 0 spiro atoms. The topological polar surface area (TPSA) is 65.5 Å². The van der Waals surface area contributed by atoms with E-state index in [-0.39, 0.29) is 11.8 Å². The van der Waals surface area contributed by atoms with Crippen LogP contribution in [0.2, 0.25) is 0 Å². The van der Waals surface area contributed by atoms with Crippen LogP contribution >= 0.6 is 0 Å². The minimum atomic E-state index is -0.492. The maximum Gasteiger partial charge on any atom is 0.357 e. The van der Waals surface area contributed by atoms with E-state index in [1.165, 1.54) is 13.2 Å². The highest BCUT2D eigenvalue weighted by Crippen LogP contribution is 2.35. The minimum Gasteiger partial charge on any atom is -0.465 e. The number of carbonyl (C=O) groups is 2. The molecule has 1 saturated carbocycles. The van der Waals surface area contributed by atoms with Crippen molar-refractivity contribution < 1.29 is 19.1 Å². The summed E-state index contributed by atoms with van der Waals surface area (Å²) in [6, 6.07) is 8.70. The van der Waals surface area contributed by atoms with Gasteiger partial charge in [0.05, 0.1) is 18.2 Å². The molecule has 0 aliphatic heterocycles. The monoisotopic (exact) mass is 369 g/mol. The first-order chi connectivity index (χ1) is 12.9. The summed E-state index contributed by atoms with van der Waals surface area (Å²) in [5.41, 5.74) is 1.05. The van der Waals surface area contributed by atoms with Crippen molar-refractivity contribution in [3.8, 4) is 0 Å². The van der Waals surface area contributed by atoms with Crippen LogP contribution in [0.1, 0.15) is 60.9 Å². The zero-order chi connectivity index (χ0) is 19.6. The second-order valence-corrected chi connectivity index (χ2v) is 7.83. The Balaban J connectivity index is 1.92. The Morgan fingerprint density at radius 3 is 2.59 bits per heavy atom. The average molecular weight is 369 g/mol. The van der Waals surface area contributed by atoms with Crippen molar-refractivity contribution >= 4 is 22.8 Å². The van der Waals surface area contributed by atoms with E-state index in [1.54, 1.807) is 12.1 Å². The van der Waals surface area contributed by atoms with Crippen LogP contribution in [0.3, 0.4) is 0 Å². The van der Waals surface area contributed by atoms with Gasteiger partial charge in [0, 0.05) is 5.39 Å². The summed E-state index contributed by atoms with van der Waals surface area (Å²) in [6.07, 6.45) is 2.98. The number of rotatable bonds is 4. The molecular formula is C22H27NO4. The summed E-state index contributed by atoms with van der Waals surface area (Å²) in [7, 11) is 1.33. The third-order valence-electron chi connectivity index (χ3n) is 5.55. The lowest BCUT2D eigenvalue weighted by Crippen LogP contribution is -2.36. The standard InChI is InChI=1S/C22H27NO4/c1-13(2)15-10-9-14(3)11-20(15)27-22(25)19-12-17(21(24)26-4)16-7-5-6-8-18(16)23-19/h5-8,12-15,20H,9-11H2,1-4H3/t14-,15+,20-/m1/s1. The normalized spacial score (nSPS) is 22.6. The molecule has 1 heterocycles. The molecule has 1 fully saturated rings. The molecule has 27 heavy (non-hydrogen) atoms. The van der Waals surface area contributed by atoms with Gasteiger partial charge in [-0.25, -0.2) is 14.6 Å². The van der Waals surface area contributed by atoms with E-state index in [1.807, 2.05) is 12.1 Å². The van der Waals surface area contributed by atoms with Gasteiger partial charge in [-0.1, -0.05) is 45.4 Å². The number of para-hydroxylation sites is 1. The third-order valence-corrected chi connectivity index (χ3v) is 5.55. The summed E-state index contributed by atoms with van der Waals surface area (Å²) in [6.45, 7) is 6.54. The number of nitrogens with zero attached hydrogens (tertiary/aromatic N) is 1. The Labute approximate surface area is 160 Å². The van der Waals surface area contributed by atoms with E-state index >= 15 is 0 Å². The predicted molar refractivity (Wildman–Crippen MR) is 104 cm³/mol. The Morgan fingerprint density at radius 1 is 1.15 bits per heavy atom. The molecule has 3 atom stereocenters. The van der Waals surface area contributed by atoms with Crippen molar-refractivity contribution in [2.75, 3.05) is 7.11 Å². The van der Waals surface area contributed by atoms with Crippen LogP contribution < -0.4 is 0 Å². The van der Waals surface area contributed by atoms with Crippen LogP contribution in [-0.2, 0) is 9.47 Å². The van der Waals surface area contributed by atoms with E-state index in [4.69, 9.17) is 9.47 Å². The van der Waals surface area contributed by atoms with Crippen LogP contribution in [-0.4, -0.2) is 30.1 Å². The lowest BCUT2D eigenvalue weighted by molar-refractivity contribution is -0.0178. The fourth-order valence-corrected chi connectivity index (χ4v) is 4.01. The second kappa shape index (κ2) is 8.07. The Morgan fingerprint density at radius 2 is 1.89 bits per heavy atom. The summed E-state index contributed by atoms with van der Waals surface area (Å²) in [5.74, 6) is 0.369. The van der Waals surface area contributed by atoms with Crippen LogP contribution in [0, 0.1) is 17.8 Å². The van der Waals surface area contributed by atoms with Gasteiger partial charge in [-0.3, -0.25) is 0 Å². The molecule has 0 N–H and O–H groups in total. The van der Waals surface area contributed by atoms with Gasteiger partial charge in [0.25, 0.3) is 0 Å². The largest absolute Gasteiger partial charge is 0.465 e. The number of benzene rings is 1. The Kier molecular flexibility index (Phi) is 5.78. The Bertz CT molecular complexity index is 845. The fourth-order valence-electron chi connectivity index (χ4n) is 4.01. The van der Waals surface area contributed by atoms with Crippen molar-refractivity contribution in [3.63, 3.8) is 0 Å². The first-order valence-corrected chi connectivity index (χ1v) is 9.59. The second-order valence-electron chi connectivity index (χ2n) is 7.83. The molecule has 1 aromatic carbocycles. The lowest BCUT2D eigenvalue weighted by Gasteiger charge is -2.36. The number of esters is 2. The molecule has 1 aliphatic rings. The lowest BCUT2D eigenvalue weighted by atomic mass is 9.75. The molecule has 3 rings (SSSR count). The molecule has 2 aromatic rings. The van der Waals surface area contributed by atoms with Crippen LogP contribution in [0.15, 0.2) is 30.3 Å². The molecule has 0 amide bonds.